The summed E-state index contributed by atoms with van der Waals surface area (Å²) < 4.78 is 5.35. The van der Waals surface area contributed by atoms with E-state index in [4.69, 9.17) is 4.74 Å². The van der Waals surface area contributed by atoms with Gasteiger partial charge in [-0.15, -0.1) is 0 Å². The molecule has 1 fully saturated rings. The van der Waals surface area contributed by atoms with Crippen LogP contribution in [0, 0.1) is 0 Å². The van der Waals surface area contributed by atoms with Gasteiger partial charge in [0.05, 0.1) is 18.8 Å². The Balaban J connectivity index is 1.66. The van der Waals surface area contributed by atoms with Crippen LogP contribution >= 0.6 is 0 Å². The zero-order valence-corrected chi connectivity index (χ0v) is 13.9. The van der Waals surface area contributed by atoms with E-state index in [1.54, 1.807) is 0 Å². The Morgan fingerprint density at radius 1 is 1.27 bits per heavy atom. The maximum Gasteiger partial charge on any atom is 0.0869 e. The topological polar surface area (TPSA) is 44.7 Å². The smallest absolute Gasteiger partial charge is 0.0869 e. The molecule has 0 bridgehead atoms. The van der Waals surface area contributed by atoms with E-state index in [1.165, 1.54) is 5.56 Å². The van der Waals surface area contributed by atoms with Crippen molar-refractivity contribution in [1.82, 2.24) is 10.2 Å². The van der Waals surface area contributed by atoms with Crippen LogP contribution in [0.1, 0.15) is 25.8 Å². The molecule has 0 aliphatic carbocycles. The minimum atomic E-state index is -0.696. The first-order valence-electron chi connectivity index (χ1n) is 8.35. The highest BCUT2D eigenvalue weighted by Crippen LogP contribution is 2.09. The summed E-state index contributed by atoms with van der Waals surface area (Å²) in [5.74, 6) is 0. The summed E-state index contributed by atoms with van der Waals surface area (Å²) in [7, 11) is 0. The van der Waals surface area contributed by atoms with E-state index in [2.05, 4.69) is 41.4 Å². The maximum atomic E-state index is 10.6. The molecule has 2 atom stereocenters. The van der Waals surface area contributed by atoms with Gasteiger partial charge in [0, 0.05) is 32.2 Å². The molecule has 0 radical (unpaired) electrons. The predicted molar refractivity (Wildman–Crippen MR) is 90.1 cm³/mol. The van der Waals surface area contributed by atoms with Crippen LogP contribution in [0.2, 0.25) is 0 Å². The van der Waals surface area contributed by atoms with Crippen molar-refractivity contribution in [2.45, 2.75) is 38.3 Å². The zero-order valence-electron chi connectivity index (χ0n) is 13.9. The van der Waals surface area contributed by atoms with Gasteiger partial charge in [-0.05, 0) is 32.3 Å². The van der Waals surface area contributed by atoms with Gasteiger partial charge in [0.2, 0.25) is 0 Å². The molecule has 1 heterocycles. The lowest BCUT2D eigenvalue weighted by molar-refractivity contribution is -0.0227. The van der Waals surface area contributed by atoms with Gasteiger partial charge >= 0.3 is 0 Å². The van der Waals surface area contributed by atoms with Gasteiger partial charge in [-0.25, -0.2) is 0 Å². The third-order valence-corrected chi connectivity index (χ3v) is 4.21. The number of ether oxygens (including phenoxy) is 1. The zero-order chi connectivity index (χ0) is 15.8. The fourth-order valence-corrected chi connectivity index (χ4v) is 2.82. The molecule has 4 heteroatoms. The van der Waals surface area contributed by atoms with Gasteiger partial charge in [0.1, 0.15) is 0 Å². The summed E-state index contributed by atoms with van der Waals surface area (Å²) in [6, 6.07) is 11.0. The first-order valence-corrected chi connectivity index (χ1v) is 8.35. The average Bonchev–Trinajstić information content (AvgIpc) is 2.53. The Kier molecular flexibility index (Phi) is 6.83. The highest BCUT2D eigenvalue weighted by atomic mass is 16.5. The highest BCUT2D eigenvalue weighted by Gasteiger charge is 2.25. The van der Waals surface area contributed by atoms with Crippen LogP contribution in [-0.4, -0.2) is 61.0 Å². The monoisotopic (exact) mass is 306 g/mol. The quantitative estimate of drug-likeness (QED) is 0.767. The number of hydrogen-bond acceptors (Lipinski definition) is 4. The van der Waals surface area contributed by atoms with E-state index in [9.17, 15) is 5.11 Å². The molecule has 0 spiro atoms. The number of nitrogens with zero attached hydrogens (tertiary/aromatic N) is 1. The minimum absolute atomic E-state index is 0.399. The summed E-state index contributed by atoms with van der Waals surface area (Å²) in [6.45, 7) is 8.82. The fourth-order valence-electron chi connectivity index (χ4n) is 2.82. The first-order chi connectivity index (χ1) is 10.6. The predicted octanol–water partition coefficient (Wildman–Crippen LogP) is 1.68. The molecule has 0 saturated carbocycles. The van der Waals surface area contributed by atoms with Crippen molar-refractivity contribution in [1.29, 1.82) is 0 Å². The summed E-state index contributed by atoms with van der Waals surface area (Å²) in [5.41, 5.74) is 0.675. The number of aliphatic hydroxyl groups is 1. The van der Waals surface area contributed by atoms with E-state index < -0.39 is 5.60 Å². The number of hydrogen-bond donors (Lipinski definition) is 2. The largest absolute Gasteiger partial charge is 0.388 e. The van der Waals surface area contributed by atoms with Gasteiger partial charge in [-0.1, -0.05) is 30.3 Å². The standard InChI is InChI=1S/C18H30N2O2/c1-16(8-9-17-6-4-3-5-7-17)19-14-18(2,21)15-20-10-12-22-13-11-20/h3-7,16,19,21H,8-15H2,1-2H3. The van der Waals surface area contributed by atoms with Gasteiger partial charge in [-0.2, -0.15) is 0 Å². The molecule has 4 nitrogen and oxygen atoms in total. The lowest BCUT2D eigenvalue weighted by atomic mass is 10.0. The number of aryl methyl sites for hydroxylation is 1. The van der Waals surface area contributed by atoms with Crippen LogP contribution < -0.4 is 5.32 Å². The normalized spacial score (nSPS) is 20.5. The van der Waals surface area contributed by atoms with E-state index in [1.807, 2.05) is 13.0 Å². The molecule has 124 valence electrons. The van der Waals surface area contributed by atoms with Crippen LogP contribution in [0.5, 0.6) is 0 Å². The van der Waals surface area contributed by atoms with Gasteiger partial charge in [-0.3, -0.25) is 4.90 Å². The molecule has 22 heavy (non-hydrogen) atoms. The van der Waals surface area contributed by atoms with Crippen molar-refractivity contribution in [3.63, 3.8) is 0 Å². The van der Waals surface area contributed by atoms with Gasteiger partial charge < -0.3 is 15.2 Å². The second kappa shape index (κ2) is 8.63. The minimum Gasteiger partial charge on any atom is -0.388 e. The molecule has 1 saturated heterocycles. The lowest BCUT2D eigenvalue weighted by Crippen LogP contribution is -2.51. The molecule has 2 rings (SSSR count). The van der Waals surface area contributed by atoms with E-state index in [0.717, 1.165) is 39.1 Å². The third kappa shape index (κ3) is 6.44. The van der Waals surface area contributed by atoms with Crippen molar-refractivity contribution in [2.24, 2.45) is 0 Å². The number of benzene rings is 1. The molecule has 0 amide bonds. The first kappa shape index (κ1) is 17.4. The van der Waals surface area contributed by atoms with Crippen LogP contribution in [-0.2, 0) is 11.2 Å². The fraction of sp³-hybridized carbons (Fsp3) is 0.667. The molecular weight excluding hydrogens is 276 g/mol. The summed E-state index contributed by atoms with van der Waals surface area (Å²) in [6.07, 6.45) is 2.15. The van der Waals surface area contributed by atoms with E-state index >= 15 is 0 Å². The second-order valence-corrected chi connectivity index (χ2v) is 6.69. The van der Waals surface area contributed by atoms with Gasteiger partial charge in [0.15, 0.2) is 0 Å². The van der Waals surface area contributed by atoms with Crippen LogP contribution in [0.25, 0.3) is 0 Å². The van der Waals surface area contributed by atoms with E-state index in [0.29, 0.717) is 19.1 Å². The summed E-state index contributed by atoms with van der Waals surface area (Å²) >= 11 is 0. The highest BCUT2D eigenvalue weighted by molar-refractivity contribution is 5.14. The lowest BCUT2D eigenvalue weighted by Gasteiger charge is -2.34. The van der Waals surface area contributed by atoms with Crippen LogP contribution in [0.15, 0.2) is 30.3 Å². The maximum absolute atomic E-state index is 10.6. The molecule has 2 N–H and O–H groups in total. The molecule has 1 aromatic rings. The molecule has 1 aliphatic rings. The van der Waals surface area contributed by atoms with Crippen LogP contribution in [0.3, 0.4) is 0 Å². The number of β-amino-alcohol motifs (C(OH)–C–C–N with tert-alkyl or cyclic N) is 1. The Morgan fingerprint density at radius 2 is 1.95 bits per heavy atom. The number of nitrogens with one attached hydrogen (secondary N) is 1. The molecule has 1 aliphatic heterocycles. The van der Waals surface area contributed by atoms with Crippen LogP contribution in [0.4, 0.5) is 0 Å². The van der Waals surface area contributed by atoms with E-state index in [-0.39, 0.29) is 0 Å². The Morgan fingerprint density at radius 3 is 2.64 bits per heavy atom. The molecule has 2 unspecified atom stereocenters. The Hall–Kier alpha value is -0.940. The van der Waals surface area contributed by atoms with Crippen molar-refractivity contribution in [3.8, 4) is 0 Å². The number of morpholine rings is 1. The van der Waals surface area contributed by atoms with Crippen molar-refractivity contribution >= 4 is 0 Å². The molecular formula is C18H30N2O2. The molecule has 0 aromatic heterocycles. The Bertz CT molecular complexity index is 416. The van der Waals surface area contributed by atoms with Gasteiger partial charge in [0.25, 0.3) is 0 Å². The Labute approximate surface area is 134 Å². The molecule has 1 aromatic carbocycles. The van der Waals surface area contributed by atoms with Crippen molar-refractivity contribution < 1.29 is 9.84 Å². The summed E-state index contributed by atoms with van der Waals surface area (Å²) in [4.78, 5) is 2.28. The average molecular weight is 306 g/mol. The second-order valence-electron chi connectivity index (χ2n) is 6.69. The van der Waals surface area contributed by atoms with Crippen molar-refractivity contribution in [3.05, 3.63) is 35.9 Å². The summed E-state index contributed by atoms with van der Waals surface area (Å²) in [5, 5.41) is 14.0. The SMILES string of the molecule is CC(CCc1ccccc1)NCC(C)(O)CN1CCOCC1. The van der Waals surface area contributed by atoms with Crippen molar-refractivity contribution in [2.75, 3.05) is 39.4 Å². The third-order valence-electron chi connectivity index (χ3n) is 4.21. The number of rotatable bonds is 8.